The Labute approximate surface area is 180 Å². The van der Waals surface area contributed by atoms with Gasteiger partial charge in [0, 0.05) is 17.3 Å². The number of hydrogen-bond donors (Lipinski definition) is 2. The maximum atomic E-state index is 13.3. The summed E-state index contributed by atoms with van der Waals surface area (Å²) in [5.74, 6) is -0.994. The van der Waals surface area contributed by atoms with E-state index < -0.39 is 24.7 Å². The monoisotopic (exact) mass is 449 g/mol. The van der Waals surface area contributed by atoms with Gasteiger partial charge in [0.2, 0.25) is 11.8 Å². The number of amides is 2. The van der Waals surface area contributed by atoms with Crippen molar-refractivity contribution in [1.29, 1.82) is 0 Å². The van der Waals surface area contributed by atoms with Crippen LogP contribution in [0.5, 0.6) is 0 Å². The lowest BCUT2D eigenvalue weighted by Gasteiger charge is -2.21. The van der Waals surface area contributed by atoms with Gasteiger partial charge in [-0.25, -0.2) is 0 Å². The second-order valence-corrected chi connectivity index (χ2v) is 7.42. The van der Waals surface area contributed by atoms with Crippen molar-refractivity contribution in [2.45, 2.75) is 23.7 Å². The van der Waals surface area contributed by atoms with Gasteiger partial charge >= 0.3 is 6.18 Å². The first-order valence-electron chi connectivity index (χ1n) is 9.08. The molecule has 2 heterocycles. The summed E-state index contributed by atoms with van der Waals surface area (Å²) < 4.78 is 41.1. The van der Waals surface area contributed by atoms with Crippen LogP contribution in [0.2, 0.25) is 0 Å². The minimum atomic E-state index is -4.70. The highest BCUT2D eigenvalue weighted by molar-refractivity contribution is 8.00. The molecule has 162 valence electrons. The highest BCUT2D eigenvalue weighted by atomic mass is 32.2. The molecule has 0 fully saturated rings. The number of alkyl halides is 3. The number of nitrogens with zero attached hydrogens (tertiary/aromatic N) is 3. The third kappa shape index (κ3) is 6.85. The molecule has 0 aliphatic carbocycles. The first kappa shape index (κ1) is 22.3. The summed E-state index contributed by atoms with van der Waals surface area (Å²) >= 11 is 1.36. The van der Waals surface area contributed by atoms with Crippen LogP contribution in [0, 0.1) is 0 Å². The van der Waals surface area contributed by atoms with Crippen molar-refractivity contribution >= 4 is 29.3 Å². The van der Waals surface area contributed by atoms with Crippen LogP contribution < -0.4 is 10.6 Å². The maximum Gasteiger partial charge on any atom is 0.414 e. The van der Waals surface area contributed by atoms with Gasteiger partial charge in [-0.1, -0.05) is 24.3 Å². The standard InChI is InChI=1S/C20H18F3N5O2S/c21-20(22,23)19(16-8-4-5-9-24-16)27-17(29)12-28-11-14(10-25-28)26-18(30)13-31-15-6-2-1-3-7-15/h1-11,19H,12-13H2,(H,26,30)(H,27,29)/t19-/m0/s1. The molecule has 1 aromatic carbocycles. The molecule has 2 aromatic heterocycles. The summed E-state index contributed by atoms with van der Waals surface area (Å²) in [6.45, 7) is -0.450. The number of rotatable bonds is 8. The van der Waals surface area contributed by atoms with Gasteiger partial charge in [0.1, 0.15) is 6.54 Å². The number of hydrogen-bond acceptors (Lipinski definition) is 5. The lowest BCUT2D eigenvalue weighted by atomic mass is 10.2. The topological polar surface area (TPSA) is 88.9 Å². The maximum absolute atomic E-state index is 13.3. The van der Waals surface area contributed by atoms with E-state index in [1.165, 1.54) is 48.6 Å². The highest BCUT2D eigenvalue weighted by Crippen LogP contribution is 2.31. The lowest BCUT2D eigenvalue weighted by Crippen LogP contribution is -2.40. The third-order valence-corrected chi connectivity index (χ3v) is 4.96. The number of anilines is 1. The van der Waals surface area contributed by atoms with E-state index in [-0.39, 0.29) is 17.4 Å². The fourth-order valence-corrected chi connectivity index (χ4v) is 3.32. The predicted molar refractivity (Wildman–Crippen MR) is 109 cm³/mol. The molecule has 0 aliphatic rings. The van der Waals surface area contributed by atoms with Crippen LogP contribution in [0.4, 0.5) is 18.9 Å². The van der Waals surface area contributed by atoms with Crippen molar-refractivity contribution in [2.24, 2.45) is 0 Å². The quantitative estimate of drug-likeness (QED) is 0.515. The molecule has 11 heteroatoms. The van der Waals surface area contributed by atoms with E-state index in [0.29, 0.717) is 5.69 Å². The largest absolute Gasteiger partial charge is 0.414 e. The molecule has 0 bridgehead atoms. The van der Waals surface area contributed by atoms with E-state index >= 15 is 0 Å². The Bertz CT molecular complexity index is 1010. The summed E-state index contributed by atoms with van der Waals surface area (Å²) in [6.07, 6.45) is -0.797. The molecule has 0 spiro atoms. The molecule has 0 unspecified atom stereocenters. The molecular formula is C20H18F3N5O2S. The van der Waals surface area contributed by atoms with E-state index in [0.717, 1.165) is 9.58 Å². The smallest absolute Gasteiger partial charge is 0.338 e. The fraction of sp³-hybridized carbons (Fsp3) is 0.200. The van der Waals surface area contributed by atoms with Gasteiger partial charge in [0.05, 0.1) is 23.3 Å². The van der Waals surface area contributed by atoms with E-state index in [1.54, 1.807) is 0 Å². The molecule has 0 aliphatic heterocycles. The Morgan fingerprint density at radius 2 is 1.81 bits per heavy atom. The van der Waals surface area contributed by atoms with Gasteiger partial charge < -0.3 is 10.6 Å². The van der Waals surface area contributed by atoms with E-state index in [4.69, 9.17) is 0 Å². The van der Waals surface area contributed by atoms with Crippen LogP contribution in [0.3, 0.4) is 0 Å². The van der Waals surface area contributed by atoms with Crippen molar-refractivity contribution in [3.63, 3.8) is 0 Å². The summed E-state index contributed by atoms with van der Waals surface area (Å²) in [4.78, 5) is 28.8. The van der Waals surface area contributed by atoms with Crippen LogP contribution in [0.15, 0.2) is 72.0 Å². The van der Waals surface area contributed by atoms with Crippen molar-refractivity contribution in [3.8, 4) is 0 Å². The molecule has 7 nitrogen and oxygen atoms in total. The van der Waals surface area contributed by atoms with Crippen LogP contribution >= 0.6 is 11.8 Å². The minimum Gasteiger partial charge on any atom is -0.338 e. The summed E-state index contributed by atoms with van der Waals surface area (Å²) in [6, 6.07) is 11.2. The van der Waals surface area contributed by atoms with Crippen LogP contribution in [-0.2, 0) is 16.1 Å². The van der Waals surface area contributed by atoms with Crippen molar-refractivity contribution in [1.82, 2.24) is 20.1 Å². The van der Waals surface area contributed by atoms with Crippen molar-refractivity contribution in [2.75, 3.05) is 11.1 Å². The molecule has 31 heavy (non-hydrogen) atoms. The van der Waals surface area contributed by atoms with Gasteiger partial charge in [0.15, 0.2) is 6.04 Å². The van der Waals surface area contributed by atoms with Gasteiger partial charge in [-0.15, -0.1) is 11.8 Å². The molecule has 0 saturated heterocycles. The fourth-order valence-electron chi connectivity index (χ4n) is 2.60. The Morgan fingerprint density at radius 3 is 2.48 bits per heavy atom. The Balaban J connectivity index is 1.53. The minimum absolute atomic E-state index is 0.174. The Morgan fingerprint density at radius 1 is 1.06 bits per heavy atom. The number of aromatic nitrogens is 3. The van der Waals surface area contributed by atoms with E-state index in [2.05, 4.69) is 15.4 Å². The first-order valence-corrected chi connectivity index (χ1v) is 10.1. The molecule has 3 rings (SSSR count). The summed E-state index contributed by atoms with van der Waals surface area (Å²) in [5.41, 5.74) is 0.0243. The van der Waals surface area contributed by atoms with Crippen molar-refractivity contribution < 1.29 is 22.8 Å². The van der Waals surface area contributed by atoms with Crippen LogP contribution in [0.25, 0.3) is 0 Å². The lowest BCUT2D eigenvalue weighted by molar-refractivity contribution is -0.164. The van der Waals surface area contributed by atoms with Gasteiger partial charge in [0.25, 0.3) is 0 Å². The molecule has 1 atom stereocenters. The number of carbonyl (C=O) groups excluding carboxylic acids is 2. The molecular weight excluding hydrogens is 431 g/mol. The van der Waals surface area contributed by atoms with Crippen molar-refractivity contribution in [3.05, 3.63) is 72.8 Å². The zero-order valence-electron chi connectivity index (χ0n) is 16.0. The predicted octanol–water partition coefficient (Wildman–Crippen LogP) is 3.43. The SMILES string of the molecule is O=C(CSc1ccccc1)Nc1cnn(CC(=O)N[C@@H](c2ccccn2)C(F)(F)F)c1. The zero-order chi connectivity index (χ0) is 22.3. The normalized spacial score (nSPS) is 12.2. The second-order valence-electron chi connectivity index (χ2n) is 6.37. The van der Waals surface area contributed by atoms with Gasteiger partial charge in [-0.3, -0.25) is 19.3 Å². The highest BCUT2D eigenvalue weighted by Gasteiger charge is 2.42. The molecule has 0 radical (unpaired) electrons. The zero-order valence-corrected chi connectivity index (χ0v) is 16.9. The molecule has 3 aromatic rings. The molecule has 2 amide bonds. The first-order chi connectivity index (χ1) is 14.8. The number of carbonyl (C=O) groups is 2. The average Bonchev–Trinajstić information content (AvgIpc) is 3.17. The second kappa shape index (κ2) is 10.1. The van der Waals surface area contributed by atoms with E-state index in [1.807, 2.05) is 35.6 Å². The van der Waals surface area contributed by atoms with E-state index in [9.17, 15) is 22.8 Å². The van der Waals surface area contributed by atoms with Gasteiger partial charge in [-0.2, -0.15) is 18.3 Å². The summed E-state index contributed by atoms with van der Waals surface area (Å²) in [7, 11) is 0. The van der Waals surface area contributed by atoms with Gasteiger partial charge in [-0.05, 0) is 24.3 Å². The number of nitrogens with one attached hydrogen (secondary N) is 2. The molecule has 2 N–H and O–H groups in total. The average molecular weight is 449 g/mol. The van der Waals surface area contributed by atoms with Crippen LogP contribution in [0.1, 0.15) is 11.7 Å². The Kier molecular flexibility index (Phi) is 7.29. The number of benzene rings is 1. The summed E-state index contributed by atoms with van der Waals surface area (Å²) in [5, 5.41) is 8.47. The molecule has 0 saturated carbocycles. The van der Waals surface area contributed by atoms with Crippen LogP contribution in [-0.4, -0.2) is 38.5 Å². The number of thioether (sulfide) groups is 1. The Hall–Kier alpha value is -3.34. The number of pyridine rings is 1. The number of halogens is 3. The third-order valence-electron chi connectivity index (χ3n) is 3.95.